The van der Waals surface area contributed by atoms with Crippen LogP contribution < -0.4 is 5.32 Å². The van der Waals surface area contributed by atoms with Crippen molar-refractivity contribution in [3.05, 3.63) is 29.8 Å². The van der Waals surface area contributed by atoms with Gasteiger partial charge >= 0.3 is 5.97 Å². The summed E-state index contributed by atoms with van der Waals surface area (Å²) in [5.74, 6) is -0.316. The summed E-state index contributed by atoms with van der Waals surface area (Å²) in [6.45, 7) is 1.64. The summed E-state index contributed by atoms with van der Waals surface area (Å²) in [6, 6.07) is 7.27. The average molecular weight is 221 g/mol. The molecule has 1 N–H and O–H groups in total. The van der Waals surface area contributed by atoms with Gasteiger partial charge < -0.3 is 14.8 Å². The second-order valence-electron chi connectivity index (χ2n) is 3.73. The minimum absolute atomic E-state index is 0.307. The van der Waals surface area contributed by atoms with Crippen molar-refractivity contribution < 1.29 is 14.3 Å². The third-order valence-corrected chi connectivity index (χ3v) is 2.61. The number of carbonyl (C=O) groups is 1. The number of esters is 1. The van der Waals surface area contributed by atoms with E-state index in [1.165, 1.54) is 7.11 Å². The molecule has 0 radical (unpaired) electrons. The van der Waals surface area contributed by atoms with Crippen LogP contribution >= 0.6 is 0 Å². The minimum atomic E-state index is -0.316. The lowest BCUT2D eigenvalue weighted by Crippen LogP contribution is -2.33. The first-order chi connectivity index (χ1) is 7.79. The van der Waals surface area contributed by atoms with Crippen LogP contribution in [0, 0.1) is 0 Å². The van der Waals surface area contributed by atoms with E-state index in [9.17, 15) is 4.79 Å². The summed E-state index contributed by atoms with van der Waals surface area (Å²) >= 11 is 0. The number of carbonyl (C=O) groups excluding carboxylic acids is 1. The first-order valence-electron chi connectivity index (χ1n) is 5.33. The van der Waals surface area contributed by atoms with E-state index in [4.69, 9.17) is 4.74 Å². The summed E-state index contributed by atoms with van der Waals surface area (Å²) in [4.78, 5) is 11.3. The summed E-state index contributed by atoms with van der Waals surface area (Å²) in [6.07, 6.45) is 1.41. The molecule has 1 fully saturated rings. The smallest absolute Gasteiger partial charge is 0.337 e. The SMILES string of the molecule is COC(=O)c1cccc(NCC2CCO2)c1. The van der Waals surface area contributed by atoms with Crippen molar-refractivity contribution in [2.24, 2.45) is 0 Å². The van der Waals surface area contributed by atoms with E-state index in [0.29, 0.717) is 11.7 Å². The van der Waals surface area contributed by atoms with E-state index >= 15 is 0 Å². The molecule has 86 valence electrons. The van der Waals surface area contributed by atoms with Gasteiger partial charge in [-0.2, -0.15) is 0 Å². The molecule has 4 heteroatoms. The molecule has 1 aliphatic heterocycles. The Hall–Kier alpha value is -1.55. The quantitative estimate of drug-likeness (QED) is 0.786. The molecule has 0 bridgehead atoms. The van der Waals surface area contributed by atoms with E-state index in [1.807, 2.05) is 12.1 Å². The summed E-state index contributed by atoms with van der Waals surface area (Å²) in [7, 11) is 1.38. The van der Waals surface area contributed by atoms with Crippen LogP contribution in [0.3, 0.4) is 0 Å². The van der Waals surface area contributed by atoms with Gasteiger partial charge in [-0.25, -0.2) is 4.79 Å². The lowest BCUT2D eigenvalue weighted by molar-refractivity contribution is -0.0410. The van der Waals surface area contributed by atoms with Crippen LogP contribution in [0.15, 0.2) is 24.3 Å². The Balaban J connectivity index is 1.95. The number of methoxy groups -OCH3 is 1. The molecule has 1 heterocycles. The maximum Gasteiger partial charge on any atom is 0.337 e. The van der Waals surface area contributed by atoms with Crippen LogP contribution in [0.1, 0.15) is 16.8 Å². The predicted molar refractivity (Wildman–Crippen MR) is 60.6 cm³/mol. The molecule has 1 unspecified atom stereocenters. The number of nitrogens with one attached hydrogen (secondary N) is 1. The van der Waals surface area contributed by atoms with Crippen LogP contribution in [0.5, 0.6) is 0 Å². The molecule has 4 nitrogen and oxygen atoms in total. The lowest BCUT2D eigenvalue weighted by Gasteiger charge is -2.26. The number of hydrogen-bond donors (Lipinski definition) is 1. The maximum absolute atomic E-state index is 11.3. The molecule has 0 aliphatic carbocycles. The molecule has 0 amide bonds. The van der Waals surface area contributed by atoms with Crippen molar-refractivity contribution in [1.29, 1.82) is 0 Å². The largest absolute Gasteiger partial charge is 0.465 e. The Morgan fingerprint density at radius 3 is 3.06 bits per heavy atom. The fourth-order valence-electron chi connectivity index (χ4n) is 1.55. The standard InChI is InChI=1S/C12H15NO3/c1-15-12(14)9-3-2-4-10(7-9)13-8-11-5-6-16-11/h2-4,7,11,13H,5-6,8H2,1H3. The van der Waals surface area contributed by atoms with E-state index in [-0.39, 0.29) is 5.97 Å². The summed E-state index contributed by atoms with van der Waals surface area (Å²) in [5, 5.41) is 3.23. The number of rotatable bonds is 4. The highest BCUT2D eigenvalue weighted by Gasteiger charge is 2.17. The van der Waals surface area contributed by atoms with Gasteiger partial charge in [0.05, 0.1) is 18.8 Å². The Kier molecular flexibility index (Phi) is 3.41. The van der Waals surface area contributed by atoms with Crippen molar-refractivity contribution in [2.45, 2.75) is 12.5 Å². The van der Waals surface area contributed by atoms with Crippen LogP contribution in [-0.4, -0.2) is 32.3 Å². The number of benzene rings is 1. The first-order valence-corrected chi connectivity index (χ1v) is 5.33. The third-order valence-electron chi connectivity index (χ3n) is 2.61. The predicted octanol–water partition coefficient (Wildman–Crippen LogP) is 1.67. The highest BCUT2D eigenvalue weighted by molar-refractivity contribution is 5.90. The van der Waals surface area contributed by atoms with Gasteiger partial charge in [-0.1, -0.05) is 6.07 Å². The van der Waals surface area contributed by atoms with Gasteiger partial charge in [-0.15, -0.1) is 0 Å². The van der Waals surface area contributed by atoms with Gasteiger partial charge in [0.25, 0.3) is 0 Å². The van der Waals surface area contributed by atoms with Gasteiger partial charge in [0.2, 0.25) is 0 Å². The first kappa shape index (κ1) is 11.0. The third kappa shape index (κ3) is 2.52. The minimum Gasteiger partial charge on any atom is -0.465 e. The molecule has 0 aromatic heterocycles. The van der Waals surface area contributed by atoms with Gasteiger partial charge in [0.1, 0.15) is 0 Å². The zero-order valence-corrected chi connectivity index (χ0v) is 9.23. The Morgan fingerprint density at radius 2 is 2.44 bits per heavy atom. The van der Waals surface area contributed by atoms with Crippen molar-refractivity contribution in [1.82, 2.24) is 0 Å². The maximum atomic E-state index is 11.3. The van der Waals surface area contributed by atoms with Gasteiger partial charge in [-0.05, 0) is 24.6 Å². The van der Waals surface area contributed by atoms with Gasteiger partial charge in [0.15, 0.2) is 0 Å². The Labute approximate surface area is 94.6 Å². The van der Waals surface area contributed by atoms with Crippen molar-refractivity contribution in [3.63, 3.8) is 0 Å². The second kappa shape index (κ2) is 4.99. The molecule has 1 aromatic carbocycles. The molecular weight excluding hydrogens is 206 g/mol. The Morgan fingerprint density at radius 1 is 1.62 bits per heavy atom. The fourth-order valence-corrected chi connectivity index (χ4v) is 1.55. The van der Waals surface area contributed by atoms with E-state index in [2.05, 4.69) is 10.1 Å². The highest BCUT2D eigenvalue weighted by Crippen LogP contribution is 2.15. The molecule has 0 saturated carbocycles. The van der Waals surface area contributed by atoms with Crippen molar-refractivity contribution in [2.75, 3.05) is 25.6 Å². The van der Waals surface area contributed by atoms with Crippen molar-refractivity contribution >= 4 is 11.7 Å². The molecule has 1 aromatic rings. The molecule has 1 saturated heterocycles. The van der Waals surface area contributed by atoms with Crippen molar-refractivity contribution in [3.8, 4) is 0 Å². The number of hydrogen-bond acceptors (Lipinski definition) is 4. The van der Waals surface area contributed by atoms with E-state index in [1.54, 1.807) is 12.1 Å². The average Bonchev–Trinajstić information content (AvgIpc) is 2.26. The highest BCUT2D eigenvalue weighted by atomic mass is 16.5. The van der Waals surface area contributed by atoms with E-state index < -0.39 is 0 Å². The normalized spacial score (nSPS) is 18.7. The Bertz CT molecular complexity index is 374. The zero-order valence-electron chi connectivity index (χ0n) is 9.23. The number of anilines is 1. The topological polar surface area (TPSA) is 47.6 Å². The van der Waals surface area contributed by atoms with Gasteiger partial charge in [0, 0.05) is 18.8 Å². The fraction of sp³-hybridized carbons (Fsp3) is 0.417. The van der Waals surface area contributed by atoms with Crippen LogP contribution in [0.4, 0.5) is 5.69 Å². The molecule has 0 spiro atoms. The van der Waals surface area contributed by atoms with Crippen LogP contribution in [0.2, 0.25) is 0 Å². The van der Waals surface area contributed by atoms with Crippen LogP contribution in [0.25, 0.3) is 0 Å². The molecular formula is C12H15NO3. The summed E-state index contributed by atoms with van der Waals surface area (Å²) < 4.78 is 9.95. The zero-order chi connectivity index (χ0) is 11.4. The number of ether oxygens (including phenoxy) is 2. The van der Waals surface area contributed by atoms with E-state index in [0.717, 1.165) is 25.3 Å². The van der Waals surface area contributed by atoms with Gasteiger partial charge in [-0.3, -0.25) is 0 Å². The monoisotopic (exact) mass is 221 g/mol. The second-order valence-corrected chi connectivity index (χ2v) is 3.73. The molecule has 1 aliphatic rings. The summed E-state index contributed by atoms with van der Waals surface area (Å²) in [5.41, 5.74) is 1.47. The molecule has 16 heavy (non-hydrogen) atoms. The molecule has 2 rings (SSSR count). The lowest BCUT2D eigenvalue weighted by atomic mass is 10.1. The van der Waals surface area contributed by atoms with Crippen LogP contribution in [-0.2, 0) is 9.47 Å². The molecule has 1 atom stereocenters.